The van der Waals surface area contributed by atoms with Crippen molar-refractivity contribution in [2.24, 2.45) is 0 Å². The van der Waals surface area contributed by atoms with Crippen molar-refractivity contribution in [2.45, 2.75) is 26.4 Å². The van der Waals surface area contributed by atoms with Gasteiger partial charge in [-0.25, -0.2) is 14.4 Å². The Morgan fingerprint density at radius 3 is 1.68 bits per heavy atom. The van der Waals surface area contributed by atoms with Crippen LogP contribution in [0.2, 0.25) is 0 Å². The molecule has 0 unspecified atom stereocenters. The van der Waals surface area contributed by atoms with Gasteiger partial charge in [0.05, 0.1) is 29.1 Å². The molecule has 0 aliphatic carbocycles. The highest BCUT2D eigenvalue weighted by Crippen LogP contribution is 2.20. The van der Waals surface area contributed by atoms with E-state index >= 15 is 0 Å². The van der Waals surface area contributed by atoms with Gasteiger partial charge in [0.15, 0.2) is 0 Å². The van der Waals surface area contributed by atoms with Crippen LogP contribution in [-0.2, 0) is 4.74 Å². The predicted octanol–water partition coefficient (Wildman–Crippen LogP) is 1.91. The Morgan fingerprint density at radius 1 is 0.920 bits per heavy atom. The molecule has 9 heteroatoms. The number of ether oxygens (including phenoxy) is 1. The van der Waals surface area contributed by atoms with E-state index in [9.17, 15) is 14.4 Å². The van der Waals surface area contributed by atoms with E-state index in [1.165, 1.54) is 6.07 Å². The van der Waals surface area contributed by atoms with Gasteiger partial charge >= 0.3 is 17.9 Å². The summed E-state index contributed by atoms with van der Waals surface area (Å²) in [7, 11) is 0. The number of rotatable bonds is 3. The minimum absolute atomic E-state index is 0.394. The number of benzene rings is 1. The second kappa shape index (κ2) is 8.48. The summed E-state index contributed by atoms with van der Waals surface area (Å²) in [6.45, 7) is 4.82. The Kier molecular flexibility index (Phi) is 6.68. The second-order valence-electron chi connectivity index (χ2n) is 5.65. The van der Waals surface area contributed by atoms with Gasteiger partial charge < -0.3 is 14.9 Å². The van der Waals surface area contributed by atoms with Crippen LogP contribution in [0.25, 0.3) is 0 Å². The first-order chi connectivity index (χ1) is 11.6. The molecule has 0 saturated carbocycles. The van der Waals surface area contributed by atoms with Crippen LogP contribution in [0, 0.1) is 0 Å². The fraction of sp³-hybridized carbons (Fsp3) is 0.250. The van der Waals surface area contributed by atoms with Gasteiger partial charge in [-0.05, 0) is 44.2 Å². The summed E-state index contributed by atoms with van der Waals surface area (Å²) in [5.74, 6) is -3.74. The number of carbonyl (C=O) groups is 3. The quantitative estimate of drug-likeness (QED) is 0.796. The highest BCUT2D eigenvalue weighted by molar-refractivity contribution is 6.09. The van der Waals surface area contributed by atoms with Crippen molar-refractivity contribution < 1.29 is 29.3 Å². The van der Waals surface area contributed by atoms with Crippen molar-refractivity contribution >= 4 is 17.9 Å². The lowest BCUT2D eigenvalue weighted by Crippen LogP contribution is -2.26. The number of aromatic carboxylic acids is 2. The molecule has 0 radical (unpaired) electrons. The standard InChI is InChI=1S/C13H14O6.C3H3N3/c1-13(2,3)19-12(18)9-7(10(14)15)5-4-6-8(9)11(16)17;1-2-4-6-5-3-1/h4-6H,1-3H3,(H,14,15)(H,16,17);1-3H. The number of nitrogens with zero attached hydrogens (tertiary/aromatic N) is 3. The van der Waals surface area contributed by atoms with Crippen molar-refractivity contribution in [3.05, 3.63) is 53.3 Å². The van der Waals surface area contributed by atoms with E-state index < -0.39 is 40.2 Å². The van der Waals surface area contributed by atoms with E-state index in [1.807, 2.05) is 0 Å². The third kappa shape index (κ3) is 6.34. The van der Waals surface area contributed by atoms with E-state index in [2.05, 4.69) is 15.4 Å². The van der Waals surface area contributed by atoms with Gasteiger partial charge in [0.2, 0.25) is 0 Å². The molecule has 0 spiro atoms. The molecule has 0 fully saturated rings. The van der Waals surface area contributed by atoms with E-state index in [4.69, 9.17) is 14.9 Å². The number of hydrogen-bond acceptors (Lipinski definition) is 7. The van der Waals surface area contributed by atoms with E-state index in [1.54, 1.807) is 39.2 Å². The van der Waals surface area contributed by atoms with Crippen LogP contribution >= 0.6 is 0 Å². The highest BCUT2D eigenvalue weighted by atomic mass is 16.6. The smallest absolute Gasteiger partial charge is 0.340 e. The molecule has 0 atom stereocenters. The SMILES string of the molecule is CC(C)(C)OC(=O)c1c(C(=O)O)cccc1C(=O)O.c1cnnnc1. The average Bonchev–Trinajstić information content (AvgIpc) is 2.54. The van der Waals surface area contributed by atoms with Crippen LogP contribution in [0.5, 0.6) is 0 Å². The fourth-order valence-electron chi connectivity index (χ4n) is 1.66. The first kappa shape index (κ1) is 19.7. The molecule has 1 aromatic heterocycles. The van der Waals surface area contributed by atoms with Crippen LogP contribution in [-0.4, -0.2) is 49.1 Å². The lowest BCUT2D eigenvalue weighted by molar-refractivity contribution is 0.00622. The summed E-state index contributed by atoms with van der Waals surface area (Å²) in [6, 6.07) is 5.30. The Bertz CT molecular complexity index is 697. The molecular formula is C16H17N3O6. The summed E-state index contributed by atoms with van der Waals surface area (Å²) in [5, 5.41) is 28.2. The number of carbonyl (C=O) groups excluding carboxylic acids is 1. The topological polar surface area (TPSA) is 140 Å². The Morgan fingerprint density at radius 2 is 1.40 bits per heavy atom. The Labute approximate surface area is 143 Å². The zero-order valence-electron chi connectivity index (χ0n) is 13.8. The molecule has 132 valence electrons. The first-order valence-corrected chi connectivity index (χ1v) is 7.04. The van der Waals surface area contributed by atoms with Gasteiger partial charge in [-0.3, -0.25) is 0 Å². The van der Waals surface area contributed by atoms with Crippen LogP contribution in [0.3, 0.4) is 0 Å². The van der Waals surface area contributed by atoms with Crippen LogP contribution in [0.1, 0.15) is 51.8 Å². The lowest BCUT2D eigenvalue weighted by Gasteiger charge is -2.20. The summed E-state index contributed by atoms with van der Waals surface area (Å²) in [5.41, 5.74) is -2.08. The van der Waals surface area contributed by atoms with E-state index in [0.717, 1.165) is 12.1 Å². The summed E-state index contributed by atoms with van der Waals surface area (Å²) >= 11 is 0. The molecule has 0 amide bonds. The van der Waals surface area contributed by atoms with Gasteiger partial charge in [-0.2, -0.15) is 0 Å². The maximum Gasteiger partial charge on any atom is 0.340 e. The Balaban J connectivity index is 0.000000435. The largest absolute Gasteiger partial charge is 0.478 e. The summed E-state index contributed by atoms with van der Waals surface area (Å²) < 4.78 is 5.04. The van der Waals surface area contributed by atoms with Gasteiger partial charge in [-0.15, -0.1) is 10.2 Å². The predicted molar refractivity (Wildman–Crippen MR) is 85.4 cm³/mol. The molecule has 1 aromatic carbocycles. The average molecular weight is 347 g/mol. The van der Waals surface area contributed by atoms with Crippen LogP contribution in [0.15, 0.2) is 36.7 Å². The van der Waals surface area contributed by atoms with Gasteiger partial charge in [0.25, 0.3) is 0 Å². The summed E-state index contributed by atoms with van der Waals surface area (Å²) in [6.07, 6.45) is 3.15. The number of aromatic nitrogens is 3. The monoisotopic (exact) mass is 347 g/mol. The molecule has 1 heterocycles. The van der Waals surface area contributed by atoms with Crippen LogP contribution < -0.4 is 0 Å². The maximum absolute atomic E-state index is 12.0. The molecule has 0 aliphatic heterocycles. The minimum atomic E-state index is -1.39. The van der Waals surface area contributed by atoms with Crippen molar-refractivity contribution in [1.29, 1.82) is 0 Å². The first-order valence-electron chi connectivity index (χ1n) is 7.04. The number of carboxylic acid groups (broad SMARTS) is 2. The normalized spacial score (nSPS) is 10.2. The van der Waals surface area contributed by atoms with Gasteiger partial charge in [0, 0.05) is 0 Å². The third-order valence-corrected chi connectivity index (χ3v) is 2.54. The molecule has 2 rings (SSSR count). The van der Waals surface area contributed by atoms with Crippen molar-refractivity contribution in [3.63, 3.8) is 0 Å². The highest BCUT2D eigenvalue weighted by Gasteiger charge is 2.27. The molecule has 0 aliphatic rings. The molecule has 9 nitrogen and oxygen atoms in total. The second-order valence-corrected chi connectivity index (χ2v) is 5.65. The maximum atomic E-state index is 12.0. The Hall–Kier alpha value is -3.36. The molecular weight excluding hydrogens is 330 g/mol. The van der Waals surface area contributed by atoms with Gasteiger partial charge in [0.1, 0.15) is 5.60 Å². The molecule has 0 bridgehead atoms. The van der Waals surface area contributed by atoms with Crippen LogP contribution in [0.4, 0.5) is 0 Å². The van der Waals surface area contributed by atoms with Crippen molar-refractivity contribution in [2.75, 3.05) is 0 Å². The molecule has 0 saturated heterocycles. The number of esters is 1. The lowest BCUT2D eigenvalue weighted by atomic mass is 10.0. The molecule has 2 aromatic rings. The molecule has 2 N–H and O–H groups in total. The number of hydrogen-bond donors (Lipinski definition) is 2. The molecule has 25 heavy (non-hydrogen) atoms. The minimum Gasteiger partial charge on any atom is -0.478 e. The summed E-state index contributed by atoms with van der Waals surface area (Å²) in [4.78, 5) is 34.1. The van der Waals surface area contributed by atoms with Gasteiger partial charge in [-0.1, -0.05) is 6.07 Å². The zero-order valence-corrected chi connectivity index (χ0v) is 13.8. The van der Waals surface area contributed by atoms with E-state index in [-0.39, 0.29) is 0 Å². The third-order valence-electron chi connectivity index (χ3n) is 2.54. The van der Waals surface area contributed by atoms with Crippen molar-refractivity contribution in [3.8, 4) is 0 Å². The zero-order chi connectivity index (χ0) is 19.0. The van der Waals surface area contributed by atoms with E-state index in [0.29, 0.717) is 0 Å². The van der Waals surface area contributed by atoms with Crippen molar-refractivity contribution in [1.82, 2.24) is 15.4 Å². The number of carboxylic acids is 2. The fourth-order valence-corrected chi connectivity index (χ4v) is 1.66.